The molecule has 3 N–H and O–H groups in total. The minimum Gasteiger partial charge on any atom is -0.432 e. The summed E-state index contributed by atoms with van der Waals surface area (Å²) in [5.41, 5.74) is 6.54. The fourth-order valence-corrected chi connectivity index (χ4v) is 1.60. The molecule has 0 aliphatic heterocycles. The average Bonchev–Trinajstić information content (AvgIpc) is 2.76. The maximum absolute atomic E-state index is 13.4. The fourth-order valence-electron chi connectivity index (χ4n) is 1.60. The first-order chi connectivity index (χ1) is 9.45. The van der Waals surface area contributed by atoms with Crippen LogP contribution in [0.4, 0.5) is 24.5 Å². The first kappa shape index (κ1) is 14.0. The minimum atomic E-state index is -3.11. The van der Waals surface area contributed by atoms with Crippen molar-refractivity contribution in [1.29, 1.82) is 0 Å². The first-order valence-electron chi connectivity index (χ1n) is 5.65. The second-order valence-electron chi connectivity index (χ2n) is 4.03. The summed E-state index contributed by atoms with van der Waals surface area (Å²) < 4.78 is 46.5. The van der Waals surface area contributed by atoms with E-state index in [1.165, 1.54) is 0 Å². The Morgan fingerprint density at radius 2 is 2.15 bits per heavy atom. The number of aryl methyl sites for hydroxylation is 1. The van der Waals surface area contributed by atoms with Crippen molar-refractivity contribution in [3.8, 4) is 5.75 Å². The van der Waals surface area contributed by atoms with E-state index in [2.05, 4.69) is 15.2 Å². The van der Waals surface area contributed by atoms with Gasteiger partial charge in [0.15, 0.2) is 11.6 Å². The third kappa shape index (κ3) is 3.34. The van der Waals surface area contributed by atoms with Crippen molar-refractivity contribution in [2.24, 2.45) is 0 Å². The Hall–Kier alpha value is -2.38. The topological polar surface area (TPSA) is 73.3 Å². The number of nitrogen functional groups attached to an aromatic ring is 1. The molecule has 0 aliphatic carbocycles. The van der Waals surface area contributed by atoms with Crippen molar-refractivity contribution in [3.63, 3.8) is 0 Å². The number of halogens is 3. The van der Waals surface area contributed by atoms with Crippen LogP contribution in [0.1, 0.15) is 11.5 Å². The molecule has 1 aromatic carbocycles. The third-order valence-corrected chi connectivity index (χ3v) is 2.46. The van der Waals surface area contributed by atoms with E-state index in [1.54, 1.807) is 13.0 Å². The zero-order valence-corrected chi connectivity index (χ0v) is 10.5. The number of aromatic nitrogens is 1. The predicted molar refractivity (Wildman–Crippen MR) is 66.0 cm³/mol. The number of alkyl halides is 2. The monoisotopic (exact) mass is 287 g/mol. The number of hydrogen-bond acceptors (Lipinski definition) is 5. The SMILES string of the molecule is Cc1cc(CNc2cc(OC(F)F)c(F)cc2N)no1. The molecule has 5 nitrogen and oxygen atoms in total. The van der Waals surface area contributed by atoms with Gasteiger partial charge in [0, 0.05) is 18.2 Å². The Bertz CT molecular complexity index is 602. The summed E-state index contributed by atoms with van der Waals surface area (Å²) in [4.78, 5) is 0. The zero-order chi connectivity index (χ0) is 14.7. The lowest BCUT2D eigenvalue weighted by Gasteiger charge is -2.12. The molecule has 0 amide bonds. The summed E-state index contributed by atoms with van der Waals surface area (Å²) in [6.07, 6.45) is 0. The molecule has 0 saturated carbocycles. The lowest BCUT2D eigenvalue weighted by atomic mass is 10.2. The van der Waals surface area contributed by atoms with Crippen LogP contribution in [0.15, 0.2) is 22.7 Å². The summed E-state index contributed by atoms with van der Waals surface area (Å²) in [5, 5.41) is 6.59. The van der Waals surface area contributed by atoms with Gasteiger partial charge in [0.1, 0.15) is 11.5 Å². The fraction of sp³-hybridized carbons (Fsp3) is 0.250. The predicted octanol–water partition coefficient (Wildman–Crippen LogP) is 2.92. The normalized spacial score (nSPS) is 10.8. The Kier molecular flexibility index (Phi) is 4.02. The van der Waals surface area contributed by atoms with Crippen LogP contribution < -0.4 is 15.8 Å². The molecule has 1 heterocycles. The molecule has 0 saturated heterocycles. The van der Waals surface area contributed by atoms with Gasteiger partial charge in [-0.3, -0.25) is 0 Å². The lowest BCUT2D eigenvalue weighted by molar-refractivity contribution is -0.0521. The number of nitrogens with one attached hydrogen (secondary N) is 1. The van der Waals surface area contributed by atoms with Crippen LogP contribution in [0.2, 0.25) is 0 Å². The molecule has 0 bridgehead atoms. The second kappa shape index (κ2) is 5.72. The van der Waals surface area contributed by atoms with Crippen molar-refractivity contribution in [2.45, 2.75) is 20.1 Å². The maximum Gasteiger partial charge on any atom is 0.387 e. The van der Waals surface area contributed by atoms with E-state index in [0.29, 0.717) is 11.5 Å². The molecule has 0 fully saturated rings. The smallest absolute Gasteiger partial charge is 0.387 e. The average molecular weight is 287 g/mol. The Morgan fingerprint density at radius 1 is 1.40 bits per heavy atom. The van der Waals surface area contributed by atoms with Crippen molar-refractivity contribution < 1.29 is 22.4 Å². The molecule has 2 rings (SSSR count). The number of nitrogens with two attached hydrogens (primary N) is 1. The zero-order valence-electron chi connectivity index (χ0n) is 10.5. The molecular weight excluding hydrogens is 275 g/mol. The third-order valence-electron chi connectivity index (χ3n) is 2.46. The van der Waals surface area contributed by atoms with Gasteiger partial charge in [0.25, 0.3) is 0 Å². The van der Waals surface area contributed by atoms with Gasteiger partial charge in [-0.25, -0.2) is 4.39 Å². The van der Waals surface area contributed by atoms with Gasteiger partial charge in [-0.1, -0.05) is 5.16 Å². The number of anilines is 2. The molecular formula is C12H12F3N3O2. The summed E-state index contributed by atoms with van der Waals surface area (Å²) in [6.45, 7) is -1.13. The standard InChI is InChI=1S/C12H12F3N3O2/c1-6-2-7(18-20-6)5-17-10-4-11(19-12(14)15)8(13)3-9(10)16/h2-4,12,17H,5,16H2,1H3. The largest absolute Gasteiger partial charge is 0.432 e. The van der Waals surface area contributed by atoms with E-state index in [0.717, 1.165) is 12.1 Å². The Balaban J connectivity index is 2.14. The van der Waals surface area contributed by atoms with E-state index in [-0.39, 0.29) is 17.9 Å². The van der Waals surface area contributed by atoms with Crippen LogP contribution in [-0.2, 0) is 6.54 Å². The second-order valence-corrected chi connectivity index (χ2v) is 4.03. The molecule has 0 aliphatic rings. The van der Waals surface area contributed by atoms with Crippen molar-refractivity contribution >= 4 is 11.4 Å². The molecule has 8 heteroatoms. The van der Waals surface area contributed by atoms with Gasteiger partial charge in [-0.15, -0.1) is 0 Å². The molecule has 0 spiro atoms. The van der Waals surface area contributed by atoms with Gasteiger partial charge < -0.3 is 20.3 Å². The van der Waals surface area contributed by atoms with Gasteiger partial charge in [0.2, 0.25) is 0 Å². The number of benzene rings is 1. The highest BCUT2D eigenvalue weighted by Crippen LogP contribution is 2.29. The Morgan fingerprint density at radius 3 is 2.75 bits per heavy atom. The summed E-state index contributed by atoms with van der Waals surface area (Å²) in [6, 6.07) is 3.68. The van der Waals surface area contributed by atoms with Gasteiger partial charge >= 0.3 is 6.61 Å². The maximum atomic E-state index is 13.4. The van der Waals surface area contributed by atoms with E-state index in [4.69, 9.17) is 10.3 Å². The van der Waals surface area contributed by atoms with E-state index in [1.807, 2.05) is 0 Å². The number of rotatable bonds is 5. The van der Waals surface area contributed by atoms with Gasteiger partial charge in [0.05, 0.1) is 17.9 Å². The highest BCUT2D eigenvalue weighted by atomic mass is 19.3. The number of nitrogens with zero attached hydrogens (tertiary/aromatic N) is 1. The highest BCUT2D eigenvalue weighted by Gasteiger charge is 2.13. The first-order valence-corrected chi connectivity index (χ1v) is 5.65. The molecule has 2 aromatic rings. The van der Waals surface area contributed by atoms with Gasteiger partial charge in [-0.2, -0.15) is 8.78 Å². The van der Waals surface area contributed by atoms with E-state index < -0.39 is 18.2 Å². The molecule has 0 unspecified atom stereocenters. The summed E-state index contributed by atoms with van der Waals surface area (Å²) in [5.74, 6) is -0.894. The molecule has 20 heavy (non-hydrogen) atoms. The Labute approximate surface area is 112 Å². The van der Waals surface area contributed by atoms with Crippen LogP contribution in [0.3, 0.4) is 0 Å². The van der Waals surface area contributed by atoms with Crippen LogP contribution in [0.25, 0.3) is 0 Å². The summed E-state index contributed by atoms with van der Waals surface area (Å²) >= 11 is 0. The van der Waals surface area contributed by atoms with Crippen LogP contribution in [0.5, 0.6) is 5.75 Å². The van der Waals surface area contributed by atoms with E-state index in [9.17, 15) is 13.2 Å². The molecule has 108 valence electrons. The van der Waals surface area contributed by atoms with Crippen molar-refractivity contribution in [1.82, 2.24) is 5.16 Å². The van der Waals surface area contributed by atoms with Crippen molar-refractivity contribution in [2.75, 3.05) is 11.1 Å². The van der Waals surface area contributed by atoms with Crippen LogP contribution in [0, 0.1) is 12.7 Å². The molecule has 1 aromatic heterocycles. The minimum absolute atomic E-state index is 0.0735. The lowest BCUT2D eigenvalue weighted by Crippen LogP contribution is -2.07. The van der Waals surface area contributed by atoms with Crippen molar-refractivity contribution in [3.05, 3.63) is 35.5 Å². The quantitative estimate of drug-likeness (QED) is 0.827. The molecule has 0 atom stereocenters. The van der Waals surface area contributed by atoms with Crippen LogP contribution >= 0.6 is 0 Å². The number of ether oxygens (including phenoxy) is 1. The summed E-state index contributed by atoms with van der Waals surface area (Å²) in [7, 11) is 0. The van der Waals surface area contributed by atoms with Crippen LogP contribution in [-0.4, -0.2) is 11.8 Å². The highest BCUT2D eigenvalue weighted by molar-refractivity contribution is 5.68. The van der Waals surface area contributed by atoms with E-state index >= 15 is 0 Å². The number of hydrogen-bond donors (Lipinski definition) is 2. The van der Waals surface area contributed by atoms with Gasteiger partial charge in [-0.05, 0) is 6.92 Å². The molecule has 0 radical (unpaired) electrons.